The molecule has 1 unspecified atom stereocenters. The van der Waals surface area contributed by atoms with E-state index in [4.69, 9.17) is 15.2 Å². The van der Waals surface area contributed by atoms with Gasteiger partial charge in [-0.3, -0.25) is 0 Å². The van der Waals surface area contributed by atoms with Crippen molar-refractivity contribution in [2.75, 3.05) is 14.2 Å². The molecule has 0 spiro atoms. The van der Waals surface area contributed by atoms with E-state index < -0.39 is 5.41 Å². The minimum absolute atomic E-state index is 0.308. The zero-order valence-electron chi connectivity index (χ0n) is 10.8. The first-order chi connectivity index (χ1) is 8.66. The van der Waals surface area contributed by atoms with Crippen molar-refractivity contribution in [3.05, 3.63) is 23.8 Å². The number of ether oxygens (including phenoxy) is 2. The molecule has 1 atom stereocenters. The molecule has 1 aromatic carbocycles. The highest BCUT2D eigenvalue weighted by molar-refractivity contribution is 5.44. The number of methoxy groups -OCH3 is 2. The molecule has 0 heterocycles. The van der Waals surface area contributed by atoms with Crippen molar-refractivity contribution in [3.8, 4) is 17.6 Å². The molecule has 0 aliphatic heterocycles. The van der Waals surface area contributed by atoms with Gasteiger partial charge >= 0.3 is 0 Å². The Morgan fingerprint density at radius 1 is 1.33 bits per heavy atom. The third kappa shape index (κ3) is 1.91. The normalized spacial score (nSPS) is 18.3. The van der Waals surface area contributed by atoms with Crippen LogP contribution in [0.4, 0.5) is 0 Å². The van der Waals surface area contributed by atoms with Gasteiger partial charge in [0, 0.05) is 11.6 Å². The monoisotopic (exact) mass is 246 g/mol. The number of nitrogens with two attached hydrogens (primary N) is 1. The van der Waals surface area contributed by atoms with Gasteiger partial charge in [-0.1, -0.05) is 12.5 Å². The Kier molecular flexibility index (Phi) is 3.44. The lowest BCUT2D eigenvalue weighted by molar-refractivity contribution is 0.166. The van der Waals surface area contributed by atoms with Crippen molar-refractivity contribution in [2.45, 2.75) is 25.3 Å². The molecule has 18 heavy (non-hydrogen) atoms. The molecule has 1 aromatic rings. The second-order valence-corrected chi connectivity index (χ2v) is 4.71. The van der Waals surface area contributed by atoms with Crippen LogP contribution < -0.4 is 15.2 Å². The summed E-state index contributed by atoms with van der Waals surface area (Å²) in [6.45, 7) is 0. The summed E-state index contributed by atoms with van der Waals surface area (Å²) < 4.78 is 10.5. The molecule has 4 nitrogen and oxygen atoms in total. The quantitative estimate of drug-likeness (QED) is 0.885. The first kappa shape index (κ1) is 12.7. The molecular weight excluding hydrogens is 228 g/mol. The third-order valence-corrected chi connectivity index (χ3v) is 3.84. The standard InChI is InChI=1S/C14H18N2O2/c1-17-10-4-5-11(12(8-10)18-2)13(16)14(9-15)6-3-7-14/h4-5,8,13H,3,6-7,16H2,1-2H3. The Labute approximate surface area is 107 Å². The molecule has 1 saturated carbocycles. The van der Waals surface area contributed by atoms with E-state index in [2.05, 4.69) is 6.07 Å². The van der Waals surface area contributed by atoms with Gasteiger partial charge in [0.2, 0.25) is 0 Å². The van der Waals surface area contributed by atoms with Gasteiger partial charge in [-0.2, -0.15) is 5.26 Å². The van der Waals surface area contributed by atoms with Crippen molar-refractivity contribution < 1.29 is 9.47 Å². The SMILES string of the molecule is COc1ccc(C(N)C2(C#N)CCC2)c(OC)c1. The fourth-order valence-electron chi connectivity index (χ4n) is 2.42. The van der Waals surface area contributed by atoms with Gasteiger partial charge < -0.3 is 15.2 Å². The van der Waals surface area contributed by atoms with E-state index in [1.165, 1.54) is 0 Å². The van der Waals surface area contributed by atoms with Crippen LogP contribution in [-0.2, 0) is 0 Å². The number of nitriles is 1. The highest BCUT2D eigenvalue weighted by Crippen LogP contribution is 2.50. The highest BCUT2D eigenvalue weighted by atomic mass is 16.5. The summed E-state index contributed by atoms with van der Waals surface area (Å²) in [7, 11) is 3.21. The molecule has 2 rings (SSSR count). The molecule has 0 saturated heterocycles. The summed E-state index contributed by atoms with van der Waals surface area (Å²) in [4.78, 5) is 0. The fraction of sp³-hybridized carbons (Fsp3) is 0.500. The van der Waals surface area contributed by atoms with Gasteiger partial charge in [0.15, 0.2) is 0 Å². The van der Waals surface area contributed by atoms with Gasteiger partial charge in [-0.15, -0.1) is 0 Å². The lowest BCUT2D eigenvalue weighted by Gasteiger charge is -2.40. The minimum Gasteiger partial charge on any atom is -0.497 e. The molecule has 0 amide bonds. The fourth-order valence-corrected chi connectivity index (χ4v) is 2.42. The largest absolute Gasteiger partial charge is 0.497 e. The maximum absolute atomic E-state index is 9.34. The third-order valence-electron chi connectivity index (χ3n) is 3.84. The van der Waals surface area contributed by atoms with Gasteiger partial charge in [0.25, 0.3) is 0 Å². The topological polar surface area (TPSA) is 68.3 Å². The summed E-state index contributed by atoms with van der Waals surface area (Å²) >= 11 is 0. The van der Waals surface area contributed by atoms with Crippen molar-refractivity contribution in [3.63, 3.8) is 0 Å². The Hall–Kier alpha value is -1.73. The lowest BCUT2D eigenvalue weighted by atomic mass is 9.63. The van der Waals surface area contributed by atoms with E-state index in [9.17, 15) is 5.26 Å². The van der Waals surface area contributed by atoms with Gasteiger partial charge in [-0.25, -0.2) is 0 Å². The maximum Gasteiger partial charge on any atom is 0.127 e. The molecule has 2 N–H and O–H groups in total. The summed E-state index contributed by atoms with van der Waals surface area (Å²) in [5.41, 5.74) is 6.72. The van der Waals surface area contributed by atoms with Crippen LogP contribution in [-0.4, -0.2) is 14.2 Å². The van der Waals surface area contributed by atoms with Crippen LogP contribution >= 0.6 is 0 Å². The minimum atomic E-state index is -0.429. The van der Waals surface area contributed by atoms with Crippen molar-refractivity contribution in [1.29, 1.82) is 5.26 Å². The number of hydrogen-bond acceptors (Lipinski definition) is 4. The summed E-state index contributed by atoms with van der Waals surface area (Å²) in [6.07, 6.45) is 2.79. The average molecular weight is 246 g/mol. The van der Waals surface area contributed by atoms with Gasteiger partial charge in [0.05, 0.1) is 31.7 Å². The van der Waals surface area contributed by atoms with E-state index in [0.717, 1.165) is 30.6 Å². The summed E-state index contributed by atoms with van der Waals surface area (Å²) in [6, 6.07) is 7.61. The number of rotatable bonds is 4. The molecule has 1 aliphatic rings. The average Bonchev–Trinajstić information content (AvgIpc) is 2.37. The van der Waals surface area contributed by atoms with Gasteiger partial charge in [0.1, 0.15) is 11.5 Å². The molecule has 1 aliphatic carbocycles. The van der Waals surface area contributed by atoms with Crippen LogP contribution in [0.2, 0.25) is 0 Å². The smallest absolute Gasteiger partial charge is 0.127 e. The Morgan fingerprint density at radius 2 is 2.06 bits per heavy atom. The van der Waals surface area contributed by atoms with Crippen molar-refractivity contribution in [2.24, 2.45) is 11.1 Å². The van der Waals surface area contributed by atoms with E-state index in [1.807, 2.05) is 12.1 Å². The molecule has 0 radical (unpaired) electrons. The van der Waals surface area contributed by atoms with Crippen LogP contribution in [0.1, 0.15) is 30.9 Å². The zero-order valence-corrected chi connectivity index (χ0v) is 10.8. The Bertz CT molecular complexity index is 475. The van der Waals surface area contributed by atoms with Gasteiger partial charge in [-0.05, 0) is 18.9 Å². The highest BCUT2D eigenvalue weighted by Gasteiger charge is 2.44. The van der Waals surface area contributed by atoms with E-state index in [-0.39, 0.29) is 6.04 Å². The predicted octanol–water partition coefficient (Wildman–Crippen LogP) is 2.40. The zero-order chi connectivity index (χ0) is 13.2. The predicted molar refractivity (Wildman–Crippen MR) is 68.4 cm³/mol. The second-order valence-electron chi connectivity index (χ2n) is 4.71. The second kappa shape index (κ2) is 4.87. The molecule has 0 bridgehead atoms. The molecule has 0 aromatic heterocycles. The number of nitrogens with zero attached hydrogens (tertiary/aromatic N) is 1. The molecule has 4 heteroatoms. The van der Waals surface area contributed by atoms with E-state index >= 15 is 0 Å². The molecule has 1 fully saturated rings. The van der Waals surface area contributed by atoms with Crippen LogP contribution in [0, 0.1) is 16.7 Å². The van der Waals surface area contributed by atoms with Crippen molar-refractivity contribution >= 4 is 0 Å². The first-order valence-corrected chi connectivity index (χ1v) is 6.05. The van der Waals surface area contributed by atoms with E-state index in [1.54, 1.807) is 20.3 Å². The molecular formula is C14H18N2O2. The maximum atomic E-state index is 9.34. The number of benzene rings is 1. The van der Waals surface area contributed by atoms with E-state index in [0.29, 0.717) is 5.75 Å². The molecule has 96 valence electrons. The Morgan fingerprint density at radius 3 is 2.50 bits per heavy atom. The van der Waals surface area contributed by atoms with Crippen molar-refractivity contribution in [1.82, 2.24) is 0 Å². The number of hydrogen-bond donors (Lipinski definition) is 1. The van der Waals surface area contributed by atoms with Crippen LogP contribution in [0.5, 0.6) is 11.5 Å². The summed E-state index contributed by atoms with van der Waals surface area (Å²) in [5, 5.41) is 9.34. The Balaban J connectivity index is 2.36. The lowest BCUT2D eigenvalue weighted by Crippen LogP contribution is -2.39. The van der Waals surface area contributed by atoms with Crippen LogP contribution in [0.3, 0.4) is 0 Å². The van der Waals surface area contributed by atoms with Crippen LogP contribution in [0.25, 0.3) is 0 Å². The van der Waals surface area contributed by atoms with Crippen LogP contribution in [0.15, 0.2) is 18.2 Å². The summed E-state index contributed by atoms with van der Waals surface area (Å²) in [5.74, 6) is 1.41. The first-order valence-electron chi connectivity index (χ1n) is 6.05.